The molecular formula is C11H25N3O. The summed E-state index contributed by atoms with van der Waals surface area (Å²) >= 11 is 0. The number of carbonyl (C=O) groups is 1. The van der Waals surface area contributed by atoms with E-state index in [1.165, 1.54) is 0 Å². The van der Waals surface area contributed by atoms with Crippen LogP contribution in [-0.2, 0) is 4.79 Å². The zero-order chi connectivity index (χ0) is 11.7. The first kappa shape index (κ1) is 14.4. The van der Waals surface area contributed by atoms with Gasteiger partial charge in [0.2, 0.25) is 5.91 Å². The first-order chi connectivity index (χ1) is 7.07. The molecule has 15 heavy (non-hydrogen) atoms. The molecule has 0 aliphatic rings. The molecule has 0 fully saturated rings. The maximum absolute atomic E-state index is 11.2. The first-order valence-corrected chi connectivity index (χ1v) is 5.67. The summed E-state index contributed by atoms with van der Waals surface area (Å²) in [4.78, 5) is 15.1. The van der Waals surface area contributed by atoms with Crippen LogP contribution in [0.15, 0.2) is 0 Å². The van der Waals surface area contributed by atoms with E-state index in [0.717, 1.165) is 32.6 Å². The Morgan fingerprint density at radius 3 is 2.40 bits per heavy atom. The Balaban J connectivity index is 3.22. The highest BCUT2D eigenvalue weighted by Gasteiger charge is 2.02. The van der Waals surface area contributed by atoms with Crippen LogP contribution in [0.4, 0.5) is 0 Å². The number of nitrogens with one attached hydrogen (secondary N) is 1. The van der Waals surface area contributed by atoms with Crippen molar-refractivity contribution in [3.8, 4) is 0 Å². The van der Waals surface area contributed by atoms with Crippen LogP contribution in [0.3, 0.4) is 0 Å². The summed E-state index contributed by atoms with van der Waals surface area (Å²) in [5.41, 5.74) is 0. The normalized spacial score (nSPS) is 10.7. The van der Waals surface area contributed by atoms with E-state index < -0.39 is 0 Å². The van der Waals surface area contributed by atoms with Crippen LogP contribution < -0.4 is 5.32 Å². The van der Waals surface area contributed by atoms with Gasteiger partial charge in [-0.2, -0.15) is 0 Å². The van der Waals surface area contributed by atoms with Crippen LogP contribution in [-0.4, -0.2) is 63.0 Å². The average molecular weight is 215 g/mol. The Hall–Kier alpha value is -0.610. The number of rotatable bonds is 8. The molecule has 0 rings (SSSR count). The summed E-state index contributed by atoms with van der Waals surface area (Å²) in [5.74, 6) is 0.211. The quantitative estimate of drug-likeness (QED) is 0.595. The van der Waals surface area contributed by atoms with Crippen molar-refractivity contribution in [2.75, 3.05) is 47.3 Å². The van der Waals surface area contributed by atoms with E-state index in [9.17, 15) is 4.79 Å². The number of amides is 1. The molecule has 0 bridgehead atoms. The van der Waals surface area contributed by atoms with Gasteiger partial charge in [0.1, 0.15) is 0 Å². The second-order valence-corrected chi connectivity index (χ2v) is 4.04. The molecule has 0 aliphatic heterocycles. The molecule has 0 saturated carbocycles. The van der Waals surface area contributed by atoms with Crippen LogP contribution in [0, 0.1) is 0 Å². The highest BCUT2D eigenvalue weighted by atomic mass is 16.2. The van der Waals surface area contributed by atoms with Gasteiger partial charge < -0.3 is 15.1 Å². The fourth-order valence-corrected chi connectivity index (χ4v) is 1.14. The molecule has 4 nitrogen and oxygen atoms in total. The first-order valence-electron chi connectivity index (χ1n) is 5.67. The van der Waals surface area contributed by atoms with Crippen molar-refractivity contribution in [3.63, 3.8) is 0 Å². The monoisotopic (exact) mass is 215 g/mol. The van der Waals surface area contributed by atoms with Gasteiger partial charge in [-0.3, -0.25) is 4.79 Å². The minimum atomic E-state index is 0.211. The van der Waals surface area contributed by atoms with Crippen LogP contribution in [0.5, 0.6) is 0 Å². The van der Waals surface area contributed by atoms with Gasteiger partial charge in [-0.15, -0.1) is 0 Å². The predicted molar refractivity (Wildman–Crippen MR) is 64.0 cm³/mol. The highest BCUT2D eigenvalue weighted by molar-refractivity contribution is 5.75. The Morgan fingerprint density at radius 2 is 1.87 bits per heavy atom. The minimum absolute atomic E-state index is 0.211. The van der Waals surface area contributed by atoms with Gasteiger partial charge in [-0.25, -0.2) is 0 Å². The molecule has 1 amide bonds. The smallest absolute Gasteiger partial charge is 0.222 e. The topological polar surface area (TPSA) is 35.6 Å². The molecule has 0 spiro atoms. The van der Waals surface area contributed by atoms with Crippen LogP contribution in [0.25, 0.3) is 0 Å². The van der Waals surface area contributed by atoms with Crippen LogP contribution >= 0.6 is 0 Å². The summed E-state index contributed by atoms with van der Waals surface area (Å²) in [7, 11) is 5.70. The Labute approximate surface area is 93.6 Å². The third kappa shape index (κ3) is 8.39. The van der Waals surface area contributed by atoms with Gasteiger partial charge in [0.25, 0.3) is 0 Å². The molecule has 0 unspecified atom stereocenters. The molecule has 0 heterocycles. The number of hydrogen-bond donors (Lipinski definition) is 1. The number of hydrogen-bond acceptors (Lipinski definition) is 3. The lowest BCUT2D eigenvalue weighted by Crippen LogP contribution is -2.30. The van der Waals surface area contributed by atoms with E-state index >= 15 is 0 Å². The van der Waals surface area contributed by atoms with Gasteiger partial charge in [-0.05, 0) is 26.6 Å². The third-order valence-corrected chi connectivity index (χ3v) is 2.45. The summed E-state index contributed by atoms with van der Waals surface area (Å²) < 4.78 is 0. The Morgan fingerprint density at radius 1 is 1.20 bits per heavy atom. The fraction of sp³-hybridized carbons (Fsp3) is 0.909. The van der Waals surface area contributed by atoms with Gasteiger partial charge in [-0.1, -0.05) is 6.92 Å². The molecule has 4 heteroatoms. The van der Waals surface area contributed by atoms with Crippen molar-refractivity contribution in [2.45, 2.75) is 19.8 Å². The molecular weight excluding hydrogens is 190 g/mol. The molecule has 0 saturated heterocycles. The lowest BCUT2D eigenvalue weighted by molar-refractivity contribution is -0.128. The lowest BCUT2D eigenvalue weighted by atomic mass is 10.3. The number of likely N-dealkylation sites (N-methyl/N-ethyl adjacent to an activating group) is 1. The van der Waals surface area contributed by atoms with E-state index in [2.05, 4.69) is 24.2 Å². The van der Waals surface area contributed by atoms with Gasteiger partial charge >= 0.3 is 0 Å². The second-order valence-electron chi connectivity index (χ2n) is 4.04. The largest absolute Gasteiger partial charge is 0.349 e. The fourth-order valence-electron chi connectivity index (χ4n) is 1.14. The zero-order valence-corrected chi connectivity index (χ0v) is 10.5. The molecule has 0 radical (unpaired) electrons. The SMILES string of the molecule is CCN(C)CCNCCCC(=O)N(C)C. The zero-order valence-electron chi connectivity index (χ0n) is 10.5. The highest BCUT2D eigenvalue weighted by Crippen LogP contribution is 1.91. The van der Waals surface area contributed by atoms with Crippen molar-refractivity contribution < 1.29 is 4.79 Å². The standard InChI is InChI=1S/C11H25N3O/c1-5-14(4)10-9-12-8-6-7-11(15)13(2)3/h12H,5-10H2,1-4H3. The second kappa shape index (κ2) is 8.68. The molecule has 0 aromatic rings. The van der Waals surface area contributed by atoms with Crippen molar-refractivity contribution >= 4 is 5.91 Å². The predicted octanol–water partition coefficient (Wildman–Crippen LogP) is 0.396. The van der Waals surface area contributed by atoms with Gasteiger partial charge in [0, 0.05) is 33.6 Å². The maximum atomic E-state index is 11.2. The molecule has 0 aliphatic carbocycles. The summed E-state index contributed by atoms with van der Waals surface area (Å²) in [6.07, 6.45) is 1.57. The molecule has 90 valence electrons. The van der Waals surface area contributed by atoms with Gasteiger partial charge in [0.15, 0.2) is 0 Å². The molecule has 0 aromatic heterocycles. The number of carbonyl (C=O) groups excluding carboxylic acids is 1. The van der Waals surface area contributed by atoms with Crippen molar-refractivity contribution in [1.29, 1.82) is 0 Å². The number of nitrogens with zero attached hydrogens (tertiary/aromatic N) is 2. The van der Waals surface area contributed by atoms with E-state index in [0.29, 0.717) is 6.42 Å². The summed E-state index contributed by atoms with van der Waals surface area (Å²) in [6, 6.07) is 0. The minimum Gasteiger partial charge on any atom is -0.349 e. The van der Waals surface area contributed by atoms with Crippen molar-refractivity contribution in [3.05, 3.63) is 0 Å². The Kier molecular flexibility index (Phi) is 8.33. The lowest BCUT2D eigenvalue weighted by Gasteiger charge is -2.14. The maximum Gasteiger partial charge on any atom is 0.222 e. The molecule has 0 aromatic carbocycles. The average Bonchev–Trinajstić information content (AvgIpc) is 2.22. The molecule has 1 N–H and O–H groups in total. The van der Waals surface area contributed by atoms with E-state index in [1.807, 2.05) is 0 Å². The van der Waals surface area contributed by atoms with Crippen molar-refractivity contribution in [1.82, 2.24) is 15.1 Å². The van der Waals surface area contributed by atoms with Crippen LogP contribution in [0.1, 0.15) is 19.8 Å². The van der Waals surface area contributed by atoms with E-state index in [-0.39, 0.29) is 5.91 Å². The van der Waals surface area contributed by atoms with Crippen LogP contribution in [0.2, 0.25) is 0 Å². The molecule has 0 atom stereocenters. The Bertz CT molecular complexity index is 171. The van der Waals surface area contributed by atoms with Crippen molar-refractivity contribution in [2.24, 2.45) is 0 Å². The van der Waals surface area contributed by atoms with E-state index in [4.69, 9.17) is 0 Å². The summed E-state index contributed by atoms with van der Waals surface area (Å²) in [5, 5.41) is 3.33. The summed E-state index contributed by atoms with van der Waals surface area (Å²) in [6.45, 7) is 6.23. The van der Waals surface area contributed by atoms with E-state index in [1.54, 1.807) is 19.0 Å². The van der Waals surface area contributed by atoms with Gasteiger partial charge in [0.05, 0.1) is 0 Å². The third-order valence-electron chi connectivity index (χ3n) is 2.45.